The number of hydrogen-bond acceptors (Lipinski definition) is 4. The highest BCUT2D eigenvalue weighted by Crippen LogP contribution is 2.11. The molecule has 2 N–H and O–H groups in total. The second-order valence-electron chi connectivity index (χ2n) is 4.41. The summed E-state index contributed by atoms with van der Waals surface area (Å²) in [6, 6.07) is 5.25. The summed E-state index contributed by atoms with van der Waals surface area (Å²) in [5.41, 5.74) is 0.731. The smallest absolute Gasteiger partial charge is 0.337 e. The summed E-state index contributed by atoms with van der Waals surface area (Å²) >= 11 is 0. The first-order valence-electron chi connectivity index (χ1n) is 6.01. The van der Waals surface area contributed by atoms with Crippen LogP contribution in [0.15, 0.2) is 30.6 Å². The van der Waals surface area contributed by atoms with Gasteiger partial charge in [-0.05, 0) is 32.0 Å². The number of aromatic nitrogens is 3. The number of aryl methyl sites for hydroxylation is 1. The van der Waals surface area contributed by atoms with Crippen molar-refractivity contribution in [1.29, 1.82) is 0 Å². The maximum atomic E-state index is 10.9. The van der Waals surface area contributed by atoms with Gasteiger partial charge in [-0.15, -0.1) is 0 Å². The summed E-state index contributed by atoms with van der Waals surface area (Å²) in [4.78, 5) is 15.1. The molecule has 0 bridgehead atoms. The molecule has 0 saturated heterocycles. The topological polar surface area (TPSA) is 80.0 Å². The molecule has 2 aromatic heterocycles. The van der Waals surface area contributed by atoms with Gasteiger partial charge in [0.05, 0.1) is 17.8 Å². The molecule has 0 aliphatic carbocycles. The average Bonchev–Trinajstić information content (AvgIpc) is 2.81. The molecule has 2 aromatic rings. The number of carbonyl (C=O) groups is 1. The summed E-state index contributed by atoms with van der Waals surface area (Å²) in [5.74, 6) is -0.289. The molecule has 0 fully saturated rings. The van der Waals surface area contributed by atoms with Crippen LogP contribution in [-0.4, -0.2) is 31.9 Å². The molecule has 6 heteroatoms. The fourth-order valence-corrected chi connectivity index (χ4v) is 1.85. The lowest BCUT2D eigenvalue weighted by Crippen LogP contribution is -2.23. The zero-order valence-corrected chi connectivity index (χ0v) is 10.9. The lowest BCUT2D eigenvalue weighted by molar-refractivity contribution is 0.0695. The van der Waals surface area contributed by atoms with E-state index < -0.39 is 5.97 Å². The van der Waals surface area contributed by atoms with E-state index in [1.807, 2.05) is 23.9 Å². The van der Waals surface area contributed by atoms with Gasteiger partial charge in [-0.25, -0.2) is 9.78 Å². The van der Waals surface area contributed by atoms with Gasteiger partial charge in [0.2, 0.25) is 0 Å². The van der Waals surface area contributed by atoms with Gasteiger partial charge in [0.1, 0.15) is 5.82 Å². The van der Waals surface area contributed by atoms with Crippen molar-refractivity contribution in [3.63, 3.8) is 0 Å². The summed E-state index contributed by atoms with van der Waals surface area (Å²) in [6.07, 6.45) is 3.63. The molecule has 0 radical (unpaired) electrons. The first kappa shape index (κ1) is 13.1. The van der Waals surface area contributed by atoms with E-state index in [0.29, 0.717) is 18.1 Å². The van der Waals surface area contributed by atoms with Crippen LogP contribution in [0.3, 0.4) is 0 Å². The van der Waals surface area contributed by atoms with Crippen LogP contribution in [0.25, 0.3) is 0 Å². The average molecular weight is 260 g/mol. The summed E-state index contributed by atoms with van der Waals surface area (Å²) < 4.78 is 1.83. The highest BCUT2D eigenvalue weighted by atomic mass is 16.4. The number of pyridine rings is 1. The Labute approximate surface area is 111 Å². The van der Waals surface area contributed by atoms with Gasteiger partial charge in [-0.2, -0.15) is 5.10 Å². The lowest BCUT2D eigenvalue weighted by atomic mass is 10.2. The summed E-state index contributed by atoms with van der Waals surface area (Å²) in [6.45, 7) is 4.42. The van der Waals surface area contributed by atoms with E-state index in [1.54, 1.807) is 25.3 Å². The van der Waals surface area contributed by atoms with Crippen LogP contribution >= 0.6 is 0 Å². The van der Waals surface area contributed by atoms with Gasteiger partial charge in [0.15, 0.2) is 0 Å². The minimum atomic E-state index is -0.957. The van der Waals surface area contributed by atoms with Gasteiger partial charge < -0.3 is 10.4 Å². The fourth-order valence-electron chi connectivity index (χ4n) is 1.85. The summed E-state index contributed by atoms with van der Waals surface area (Å²) in [7, 11) is 0. The predicted octanol–water partition coefficient (Wildman–Crippen LogP) is 1.79. The molecule has 0 aliphatic heterocycles. The Morgan fingerprint density at radius 2 is 2.32 bits per heavy atom. The van der Waals surface area contributed by atoms with Crippen LogP contribution in [0.5, 0.6) is 0 Å². The van der Waals surface area contributed by atoms with E-state index in [-0.39, 0.29) is 11.6 Å². The maximum Gasteiger partial charge on any atom is 0.337 e. The number of nitrogens with zero attached hydrogens (tertiary/aromatic N) is 3. The van der Waals surface area contributed by atoms with Crippen molar-refractivity contribution in [3.05, 3.63) is 41.9 Å². The first-order chi connectivity index (χ1) is 9.06. The lowest BCUT2D eigenvalue weighted by Gasteiger charge is -2.15. The zero-order valence-electron chi connectivity index (χ0n) is 10.9. The Kier molecular flexibility index (Phi) is 3.79. The van der Waals surface area contributed by atoms with Crippen molar-refractivity contribution in [1.82, 2.24) is 14.8 Å². The number of nitrogens with one attached hydrogen (secondary N) is 1. The van der Waals surface area contributed by atoms with E-state index in [9.17, 15) is 4.79 Å². The molecule has 19 heavy (non-hydrogen) atoms. The standard InChI is InChI=1S/C13H16N4O2/c1-9(8-17-7-3-6-14-17)15-12-5-4-11(13(18)19)10(2)16-12/h3-7,9H,8H2,1-2H3,(H,15,16)(H,18,19). The first-order valence-corrected chi connectivity index (χ1v) is 6.01. The Hall–Kier alpha value is -2.37. The minimum Gasteiger partial charge on any atom is -0.478 e. The third-order valence-corrected chi connectivity index (χ3v) is 2.73. The second kappa shape index (κ2) is 5.51. The third-order valence-electron chi connectivity index (χ3n) is 2.73. The quantitative estimate of drug-likeness (QED) is 0.856. The number of anilines is 1. The van der Waals surface area contributed by atoms with Crippen molar-refractivity contribution < 1.29 is 9.90 Å². The predicted molar refractivity (Wildman–Crippen MR) is 71.2 cm³/mol. The Bertz CT molecular complexity index is 566. The fraction of sp³-hybridized carbons (Fsp3) is 0.308. The normalized spacial score (nSPS) is 12.1. The molecule has 1 atom stereocenters. The molecule has 0 aliphatic rings. The molecule has 1 unspecified atom stereocenters. The van der Waals surface area contributed by atoms with Crippen LogP contribution in [0.4, 0.5) is 5.82 Å². The summed E-state index contributed by atoms with van der Waals surface area (Å²) in [5, 5.41) is 16.3. The monoisotopic (exact) mass is 260 g/mol. The Morgan fingerprint density at radius 3 is 2.89 bits per heavy atom. The van der Waals surface area contributed by atoms with E-state index >= 15 is 0 Å². The SMILES string of the molecule is Cc1nc(NC(C)Cn2cccn2)ccc1C(=O)O. The van der Waals surface area contributed by atoms with E-state index in [2.05, 4.69) is 15.4 Å². The van der Waals surface area contributed by atoms with E-state index in [4.69, 9.17) is 5.11 Å². The number of carboxylic acids is 1. The second-order valence-corrected chi connectivity index (χ2v) is 4.41. The molecular weight excluding hydrogens is 244 g/mol. The zero-order chi connectivity index (χ0) is 13.8. The van der Waals surface area contributed by atoms with E-state index in [1.165, 1.54) is 0 Å². The van der Waals surface area contributed by atoms with Crippen molar-refractivity contribution in [2.75, 3.05) is 5.32 Å². The number of aromatic carboxylic acids is 1. The highest BCUT2D eigenvalue weighted by molar-refractivity contribution is 5.89. The molecule has 0 aromatic carbocycles. The van der Waals surface area contributed by atoms with Crippen LogP contribution < -0.4 is 5.32 Å². The van der Waals surface area contributed by atoms with Crippen molar-refractivity contribution in [3.8, 4) is 0 Å². The number of carboxylic acid groups (broad SMARTS) is 1. The largest absolute Gasteiger partial charge is 0.478 e. The highest BCUT2D eigenvalue weighted by Gasteiger charge is 2.10. The van der Waals surface area contributed by atoms with Gasteiger partial charge in [-0.3, -0.25) is 4.68 Å². The molecule has 0 amide bonds. The molecular formula is C13H16N4O2. The van der Waals surface area contributed by atoms with Gasteiger partial charge >= 0.3 is 5.97 Å². The molecule has 2 heterocycles. The Morgan fingerprint density at radius 1 is 1.53 bits per heavy atom. The number of rotatable bonds is 5. The van der Waals surface area contributed by atoms with E-state index in [0.717, 1.165) is 0 Å². The van der Waals surface area contributed by atoms with Crippen LogP contribution in [0, 0.1) is 6.92 Å². The van der Waals surface area contributed by atoms with Crippen LogP contribution in [0.1, 0.15) is 23.0 Å². The van der Waals surface area contributed by atoms with Crippen LogP contribution in [0.2, 0.25) is 0 Å². The van der Waals surface area contributed by atoms with Gasteiger partial charge in [0.25, 0.3) is 0 Å². The van der Waals surface area contributed by atoms with Crippen LogP contribution in [-0.2, 0) is 6.54 Å². The third kappa shape index (κ3) is 3.31. The van der Waals surface area contributed by atoms with Crippen molar-refractivity contribution >= 4 is 11.8 Å². The molecule has 100 valence electrons. The Balaban J connectivity index is 2.03. The molecule has 2 rings (SSSR count). The minimum absolute atomic E-state index is 0.141. The molecule has 6 nitrogen and oxygen atoms in total. The number of hydrogen-bond donors (Lipinski definition) is 2. The van der Waals surface area contributed by atoms with Gasteiger partial charge in [-0.1, -0.05) is 0 Å². The molecule has 0 spiro atoms. The molecule has 0 saturated carbocycles. The van der Waals surface area contributed by atoms with Crippen molar-refractivity contribution in [2.24, 2.45) is 0 Å². The van der Waals surface area contributed by atoms with Crippen molar-refractivity contribution in [2.45, 2.75) is 26.4 Å². The maximum absolute atomic E-state index is 10.9. The van der Waals surface area contributed by atoms with Gasteiger partial charge in [0, 0.05) is 18.4 Å².